The molecule has 3 aliphatic heterocycles. The van der Waals surface area contributed by atoms with Crippen LogP contribution in [0, 0.1) is 11.8 Å². The number of ether oxygens (including phenoxy) is 4. The van der Waals surface area contributed by atoms with Crippen LogP contribution in [0.15, 0.2) is 36.0 Å². The average Bonchev–Trinajstić information content (AvgIpc) is 4.10. The molecule has 10 atom stereocenters. The predicted molar refractivity (Wildman–Crippen MR) is 283 cm³/mol. The molecule has 2 fully saturated rings. The Morgan fingerprint density at radius 3 is 2.00 bits per heavy atom. The van der Waals surface area contributed by atoms with E-state index in [1.165, 1.54) is 6.92 Å². The number of nitrogens with zero attached hydrogens (tertiary/aromatic N) is 1. The molecule has 0 aromatic carbocycles. The average molecular weight is 1010 g/mol. The summed E-state index contributed by atoms with van der Waals surface area (Å²) in [6, 6.07) is 9.21. The van der Waals surface area contributed by atoms with Gasteiger partial charge in [0.1, 0.15) is 11.7 Å². The van der Waals surface area contributed by atoms with Gasteiger partial charge in [0.15, 0.2) is 31.1 Å². The Morgan fingerprint density at radius 1 is 0.897 bits per heavy atom. The third-order valence-corrected chi connectivity index (χ3v) is 30.5. The van der Waals surface area contributed by atoms with Gasteiger partial charge in [-0.2, -0.15) is 0 Å². The maximum absolute atomic E-state index is 14.2. The van der Waals surface area contributed by atoms with Crippen LogP contribution in [0.2, 0.25) is 54.4 Å². The molecule has 0 aliphatic carbocycles. The van der Waals surface area contributed by atoms with Gasteiger partial charge in [-0.1, -0.05) is 107 Å². The van der Waals surface area contributed by atoms with Gasteiger partial charge in [0.25, 0.3) is 0 Å². The molecule has 392 valence electrons. The summed E-state index contributed by atoms with van der Waals surface area (Å²) in [4.78, 5) is 42.4. The van der Waals surface area contributed by atoms with E-state index in [2.05, 4.69) is 101 Å². The van der Waals surface area contributed by atoms with Crippen molar-refractivity contribution in [2.75, 3.05) is 26.2 Å². The zero-order valence-electron chi connectivity index (χ0n) is 45.8. The van der Waals surface area contributed by atoms with Gasteiger partial charge in [-0.15, -0.1) is 0 Å². The number of epoxide rings is 1. The van der Waals surface area contributed by atoms with E-state index >= 15 is 0 Å². The van der Waals surface area contributed by atoms with E-state index in [-0.39, 0.29) is 42.5 Å². The Kier molecular flexibility index (Phi) is 24.5. The second kappa shape index (κ2) is 27.6. The van der Waals surface area contributed by atoms with Gasteiger partial charge in [-0.25, -0.2) is 4.79 Å². The number of amides is 1. The summed E-state index contributed by atoms with van der Waals surface area (Å²) >= 11 is 0. The third kappa shape index (κ3) is 16.7. The normalized spacial score (nSPS) is 28.1. The molecule has 0 radical (unpaired) electrons. The summed E-state index contributed by atoms with van der Waals surface area (Å²) in [5, 5.41) is 3.29. The van der Waals surface area contributed by atoms with E-state index < -0.39 is 66.5 Å². The van der Waals surface area contributed by atoms with Crippen LogP contribution in [0.4, 0.5) is 4.79 Å². The van der Waals surface area contributed by atoms with Gasteiger partial charge < -0.3 is 42.4 Å². The highest BCUT2D eigenvalue weighted by atomic mass is 28.4. The first-order valence-electron chi connectivity index (χ1n) is 27.0. The minimum atomic E-state index is -2.19. The zero-order chi connectivity index (χ0) is 50.9. The van der Waals surface area contributed by atoms with Gasteiger partial charge in [-0.3, -0.25) is 9.59 Å². The number of piperazine rings is 1. The molecule has 1 amide bonds. The molecule has 12 nitrogen and oxygen atoms in total. The lowest BCUT2D eigenvalue weighted by Crippen LogP contribution is -2.51. The Balaban J connectivity index is 2.07. The standard InChI is InChI=1S/C53H98N2O10Si3/c1-17-45(64-67(21-5,22-6)23-7)42(13)50-46(59-50)39-52(15,65-68(24-8,25-9)26-10)32-27-28-40(11)49-41(12)29-30-47(60-51(58)55-36-34-54-35-37-55)53(16,62-43(14)56)33-31-44(38-48(57)61-49)63-66(18-2,19-3)20-4/h27-30,32,41-42,44-47,49-50,54H,17-26,31,33-39H2,1-16H3/b30-29+,32-27+,40-28+/t41-,42+,44+,45-,46-,47+,49+,50-,52-,53+/m0/s1. The summed E-state index contributed by atoms with van der Waals surface area (Å²) in [5.74, 6) is -0.875. The van der Waals surface area contributed by atoms with E-state index in [4.69, 9.17) is 32.2 Å². The first-order valence-corrected chi connectivity index (χ1v) is 34.6. The Hall–Kier alpha value is -2.12. The number of rotatable bonds is 25. The van der Waals surface area contributed by atoms with Crippen molar-refractivity contribution < 1.29 is 46.6 Å². The largest absolute Gasteiger partial charge is 0.457 e. The summed E-state index contributed by atoms with van der Waals surface area (Å²) in [5.41, 5.74) is -0.957. The van der Waals surface area contributed by atoms with Crippen molar-refractivity contribution in [3.8, 4) is 0 Å². The molecule has 3 rings (SSSR count). The molecule has 0 spiro atoms. The zero-order valence-corrected chi connectivity index (χ0v) is 48.8. The topological polar surface area (TPSA) is 134 Å². The molecule has 15 heteroatoms. The van der Waals surface area contributed by atoms with E-state index in [9.17, 15) is 14.4 Å². The first-order chi connectivity index (χ1) is 32.2. The number of esters is 2. The quantitative estimate of drug-likeness (QED) is 0.0234. The lowest BCUT2D eigenvalue weighted by molar-refractivity contribution is -0.168. The molecule has 2 saturated heterocycles. The number of carbonyl (C=O) groups is 3. The van der Waals surface area contributed by atoms with Crippen LogP contribution in [0.3, 0.4) is 0 Å². The third-order valence-electron chi connectivity index (χ3n) is 16.3. The van der Waals surface area contributed by atoms with Crippen molar-refractivity contribution in [3.05, 3.63) is 36.0 Å². The first kappa shape index (κ1) is 60.2. The number of hydrogen-bond acceptors (Lipinski definition) is 11. The Morgan fingerprint density at radius 2 is 1.47 bits per heavy atom. The summed E-state index contributed by atoms with van der Waals surface area (Å²) in [6.45, 7) is 36.5. The number of hydrogen-bond donors (Lipinski definition) is 1. The lowest BCUT2D eigenvalue weighted by Gasteiger charge is -2.39. The fourth-order valence-electron chi connectivity index (χ4n) is 10.7. The predicted octanol–water partition coefficient (Wildman–Crippen LogP) is 12.3. The van der Waals surface area contributed by atoms with Gasteiger partial charge in [0, 0.05) is 57.5 Å². The van der Waals surface area contributed by atoms with E-state index in [1.54, 1.807) is 4.90 Å². The van der Waals surface area contributed by atoms with Crippen LogP contribution in [0.1, 0.15) is 143 Å². The SMILES string of the molecule is CC[C@H](O[Si](CC)(CC)CC)[C@@H](C)[C@@H]1O[C@H]1C[C@](C)(/C=C/C=C(\C)[C@H]1OC(=O)C[C@H](O[Si](CC)(CC)CC)CC[C@@](C)(OC(C)=O)[C@H](OC(=O)N2CCNCC2)/C=C/[C@@H]1C)O[Si](CC)(CC)CC. The maximum atomic E-state index is 14.2. The minimum absolute atomic E-state index is 0.0548. The van der Waals surface area contributed by atoms with E-state index in [0.717, 1.165) is 72.8 Å². The second-order valence-corrected chi connectivity index (χ2v) is 34.9. The van der Waals surface area contributed by atoms with Crippen LogP contribution in [-0.2, 0) is 41.8 Å². The summed E-state index contributed by atoms with van der Waals surface area (Å²) in [7, 11) is -6.05. The number of carbonyl (C=O) groups excluding carboxylic acids is 3. The number of cyclic esters (lactones) is 1. The van der Waals surface area contributed by atoms with Crippen LogP contribution in [0.25, 0.3) is 0 Å². The molecule has 0 bridgehead atoms. The Labute approximate surface area is 417 Å². The summed E-state index contributed by atoms with van der Waals surface area (Å²) < 4.78 is 46.9. The molecule has 0 aromatic rings. The van der Waals surface area contributed by atoms with E-state index in [0.29, 0.717) is 39.0 Å². The highest BCUT2D eigenvalue weighted by Gasteiger charge is 2.51. The van der Waals surface area contributed by atoms with Crippen LogP contribution in [0.5, 0.6) is 0 Å². The van der Waals surface area contributed by atoms with Crippen molar-refractivity contribution >= 4 is 43.0 Å². The van der Waals surface area contributed by atoms with Crippen LogP contribution >= 0.6 is 0 Å². The molecule has 0 unspecified atom stereocenters. The molecular weight excluding hydrogens is 909 g/mol. The monoisotopic (exact) mass is 1010 g/mol. The second-order valence-electron chi connectivity index (χ2n) is 20.8. The van der Waals surface area contributed by atoms with Crippen LogP contribution in [-0.4, -0.2) is 122 Å². The van der Waals surface area contributed by atoms with Gasteiger partial charge in [-0.05, 0) is 106 Å². The number of nitrogens with one attached hydrogen (secondary N) is 1. The fraction of sp³-hybridized carbons (Fsp3) is 0.830. The van der Waals surface area contributed by atoms with Crippen molar-refractivity contribution in [1.29, 1.82) is 0 Å². The molecule has 3 heterocycles. The maximum Gasteiger partial charge on any atom is 0.410 e. The highest BCUT2D eigenvalue weighted by molar-refractivity contribution is 6.74. The molecule has 68 heavy (non-hydrogen) atoms. The van der Waals surface area contributed by atoms with Crippen molar-refractivity contribution in [3.63, 3.8) is 0 Å². The van der Waals surface area contributed by atoms with Crippen molar-refractivity contribution in [1.82, 2.24) is 10.2 Å². The van der Waals surface area contributed by atoms with Crippen molar-refractivity contribution in [2.45, 2.75) is 245 Å². The van der Waals surface area contributed by atoms with Crippen LogP contribution < -0.4 is 5.32 Å². The molecule has 3 aliphatic rings. The van der Waals surface area contributed by atoms with E-state index in [1.807, 2.05) is 39.0 Å². The highest BCUT2D eigenvalue weighted by Crippen LogP contribution is 2.43. The minimum Gasteiger partial charge on any atom is -0.457 e. The smallest absolute Gasteiger partial charge is 0.410 e. The molecular formula is C53H98N2O10Si3. The summed E-state index contributed by atoms with van der Waals surface area (Å²) in [6.07, 6.45) is 10.4. The molecule has 0 aromatic heterocycles. The van der Waals surface area contributed by atoms with Gasteiger partial charge in [0.05, 0.1) is 30.3 Å². The van der Waals surface area contributed by atoms with Gasteiger partial charge >= 0.3 is 18.0 Å². The molecule has 0 saturated carbocycles. The van der Waals surface area contributed by atoms with Crippen molar-refractivity contribution in [2.24, 2.45) is 11.8 Å². The number of allylic oxidation sites excluding steroid dienone is 2. The Bertz CT molecular complexity index is 1640. The molecule has 1 N–H and O–H groups in total. The fourth-order valence-corrected chi connectivity index (χ4v) is 19.7. The lowest BCUT2D eigenvalue weighted by atomic mass is 9.88. The van der Waals surface area contributed by atoms with Gasteiger partial charge in [0.2, 0.25) is 0 Å².